The first kappa shape index (κ1) is 10.9. The molecule has 0 rings (SSSR count). The smallest absolute Gasteiger partial charge is 0.133 e. The van der Waals surface area contributed by atoms with Crippen molar-refractivity contribution >= 4 is 18.9 Å². The van der Waals surface area contributed by atoms with Crippen molar-refractivity contribution in [3.05, 3.63) is 0 Å². The van der Waals surface area contributed by atoms with E-state index in [4.69, 9.17) is 0 Å². The molecule has 0 radical (unpaired) electrons. The molecule has 0 unspecified atom stereocenters. The number of nitrogens with zero attached hydrogens (tertiary/aromatic N) is 1. The molecule has 0 amide bonds. The molecule has 0 fully saturated rings. The fourth-order valence-electron chi connectivity index (χ4n) is 0.811. The monoisotopic (exact) mass is 176 g/mol. The molecule has 0 aromatic rings. The maximum atomic E-state index is 10.2. The minimum Gasteiger partial charge on any atom is -0.318 e. The Morgan fingerprint density at radius 2 is 2.27 bits per heavy atom. The van der Waals surface area contributed by atoms with Gasteiger partial charge in [0.2, 0.25) is 0 Å². The van der Waals surface area contributed by atoms with Crippen LogP contribution in [0.5, 0.6) is 0 Å². The number of hydrogen-bond donors (Lipinski definition) is 2. The number of likely N-dealkylation sites (N-methyl/N-ethyl adjacent to an activating group) is 1. The molecule has 0 aliphatic heterocycles. The molecule has 4 heteroatoms. The number of hydrogen-bond acceptors (Lipinski definition) is 4. The van der Waals surface area contributed by atoms with Crippen LogP contribution in [0.3, 0.4) is 0 Å². The molecule has 0 bridgehead atoms. The lowest BCUT2D eigenvalue weighted by Gasteiger charge is -2.17. The highest BCUT2D eigenvalue weighted by Crippen LogP contribution is 1.86. The fourth-order valence-corrected chi connectivity index (χ4v) is 1.09. The molecule has 0 aliphatic rings. The van der Waals surface area contributed by atoms with Gasteiger partial charge in [0.1, 0.15) is 6.29 Å². The van der Waals surface area contributed by atoms with Crippen LogP contribution in [0.25, 0.3) is 0 Å². The predicted molar refractivity (Wildman–Crippen MR) is 50.3 cm³/mol. The van der Waals surface area contributed by atoms with Crippen molar-refractivity contribution < 1.29 is 4.79 Å². The predicted octanol–water partition coefficient (Wildman–Crippen LogP) is -0.364. The molecule has 0 aromatic carbocycles. The molecule has 3 nitrogen and oxygen atoms in total. The number of carbonyl (C=O) groups is 1. The second-order valence-corrected chi connectivity index (χ2v) is 2.74. The molecule has 1 N–H and O–H groups in total. The molecule has 0 spiro atoms. The van der Waals surface area contributed by atoms with Gasteiger partial charge in [0.25, 0.3) is 0 Å². The summed E-state index contributed by atoms with van der Waals surface area (Å²) in [5, 5.41) is 3.03. The topological polar surface area (TPSA) is 32.3 Å². The molecular formula is C7H16N2OS. The van der Waals surface area contributed by atoms with E-state index in [9.17, 15) is 4.79 Å². The zero-order valence-electron chi connectivity index (χ0n) is 6.92. The Balaban J connectivity index is 3.41. The summed E-state index contributed by atoms with van der Waals surface area (Å²) in [4.78, 5) is 12.2. The van der Waals surface area contributed by atoms with Crippen LogP contribution in [-0.2, 0) is 4.79 Å². The van der Waals surface area contributed by atoms with Crippen molar-refractivity contribution in [1.82, 2.24) is 10.2 Å². The van der Waals surface area contributed by atoms with Crippen LogP contribution < -0.4 is 5.32 Å². The van der Waals surface area contributed by atoms with E-state index in [1.165, 1.54) is 0 Å². The van der Waals surface area contributed by atoms with Crippen molar-refractivity contribution in [2.45, 2.75) is 0 Å². The number of carbonyl (C=O) groups excluding carboxylic acids is 1. The second kappa shape index (κ2) is 8.04. The second-order valence-electron chi connectivity index (χ2n) is 2.29. The minimum absolute atomic E-state index is 0.516. The van der Waals surface area contributed by atoms with Gasteiger partial charge in [-0.3, -0.25) is 4.90 Å². The van der Waals surface area contributed by atoms with Gasteiger partial charge in [-0.05, 0) is 7.05 Å². The summed E-state index contributed by atoms with van der Waals surface area (Å²) < 4.78 is 0. The van der Waals surface area contributed by atoms with E-state index in [-0.39, 0.29) is 0 Å². The van der Waals surface area contributed by atoms with Gasteiger partial charge in [-0.15, -0.1) is 0 Å². The largest absolute Gasteiger partial charge is 0.318 e. The van der Waals surface area contributed by atoms with Gasteiger partial charge >= 0.3 is 0 Å². The third kappa shape index (κ3) is 6.34. The first-order chi connectivity index (χ1) is 5.35. The van der Waals surface area contributed by atoms with Crippen LogP contribution in [0.4, 0.5) is 0 Å². The third-order valence-corrected chi connectivity index (χ3v) is 1.63. The molecular weight excluding hydrogens is 160 g/mol. The molecule has 0 aromatic heterocycles. The quantitative estimate of drug-likeness (QED) is 0.410. The van der Waals surface area contributed by atoms with Crippen molar-refractivity contribution in [3.8, 4) is 0 Å². The SMILES string of the molecule is CNCCN(CC=O)CCS. The van der Waals surface area contributed by atoms with Gasteiger partial charge in [0.05, 0.1) is 6.54 Å². The molecule has 11 heavy (non-hydrogen) atoms. The van der Waals surface area contributed by atoms with Crippen molar-refractivity contribution in [2.75, 3.05) is 39.0 Å². The maximum Gasteiger partial charge on any atom is 0.133 e. The van der Waals surface area contributed by atoms with Crippen LogP contribution in [0.15, 0.2) is 0 Å². The standard InChI is InChI=1S/C7H16N2OS/c1-8-2-3-9(4-6-10)5-7-11/h6,8,11H,2-5,7H2,1H3. The Morgan fingerprint density at radius 1 is 1.55 bits per heavy atom. The Hall–Kier alpha value is -0.0600. The number of rotatable bonds is 7. The molecule has 0 saturated carbocycles. The van der Waals surface area contributed by atoms with Crippen LogP contribution in [0.1, 0.15) is 0 Å². The van der Waals surface area contributed by atoms with E-state index in [1.807, 2.05) is 7.05 Å². The Bertz CT molecular complexity index is 100. The van der Waals surface area contributed by atoms with Gasteiger partial charge in [-0.25, -0.2) is 0 Å². The fraction of sp³-hybridized carbons (Fsp3) is 0.857. The minimum atomic E-state index is 0.516. The van der Waals surface area contributed by atoms with E-state index in [2.05, 4.69) is 22.8 Å². The highest BCUT2D eigenvalue weighted by atomic mass is 32.1. The molecule has 0 saturated heterocycles. The summed E-state index contributed by atoms with van der Waals surface area (Å²) in [6.07, 6.45) is 0.930. The van der Waals surface area contributed by atoms with Gasteiger partial charge < -0.3 is 10.1 Å². The van der Waals surface area contributed by atoms with Crippen LogP contribution >= 0.6 is 12.6 Å². The van der Waals surface area contributed by atoms with E-state index in [1.54, 1.807) is 0 Å². The first-order valence-electron chi connectivity index (χ1n) is 3.76. The number of aldehydes is 1. The summed E-state index contributed by atoms with van der Waals surface area (Å²) in [7, 11) is 1.90. The average Bonchev–Trinajstić information content (AvgIpc) is 2.01. The highest BCUT2D eigenvalue weighted by Gasteiger charge is 2.00. The van der Waals surface area contributed by atoms with E-state index < -0.39 is 0 Å². The average molecular weight is 176 g/mol. The van der Waals surface area contributed by atoms with E-state index in [0.717, 1.165) is 31.7 Å². The van der Waals surface area contributed by atoms with Crippen molar-refractivity contribution in [1.29, 1.82) is 0 Å². The van der Waals surface area contributed by atoms with Gasteiger partial charge in [0, 0.05) is 25.4 Å². The lowest BCUT2D eigenvalue weighted by molar-refractivity contribution is -0.108. The third-order valence-electron chi connectivity index (χ3n) is 1.43. The summed E-state index contributed by atoms with van der Waals surface area (Å²) in [5.41, 5.74) is 0. The zero-order valence-corrected chi connectivity index (χ0v) is 7.81. The summed E-state index contributed by atoms with van der Waals surface area (Å²) in [6.45, 7) is 3.23. The van der Waals surface area contributed by atoms with Gasteiger partial charge in [-0.1, -0.05) is 0 Å². The molecule has 66 valence electrons. The Kier molecular flexibility index (Phi) is 8.00. The summed E-state index contributed by atoms with van der Waals surface area (Å²) >= 11 is 4.10. The number of thiol groups is 1. The zero-order chi connectivity index (χ0) is 8.53. The molecule has 0 aliphatic carbocycles. The van der Waals surface area contributed by atoms with Crippen LogP contribution in [0, 0.1) is 0 Å². The normalized spacial score (nSPS) is 10.5. The lowest BCUT2D eigenvalue weighted by atomic mass is 10.4. The summed E-state index contributed by atoms with van der Waals surface area (Å²) in [5.74, 6) is 0.803. The lowest BCUT2D eigenvalue weighted by Crippen LogP contribution is -2.33. The maximum absolute atomic E-state index is 10.2. The molecule has 0 heterocycles. The number of nitrogens with one attached hydrogen (secondary N) is 1. The van der Waals surface area contributed by atoms with E-state index >= 15 is 0 Å². The van der Waals surface area contributed by atoms with Gasteiger partial charge in [-0.2, -0.15) is 12.6 Å². The highest BCUT2D eigenvalue weighted by molar-refractivity contribution is 7.80. The van der Waals surface area contributed by atoms with Crippen molar-refractivity contribution in [3.63, 3.8) is 0 Å². The van der Waals surface area contributed by atoms with Crippen LogP contribution in [-0.4, -0.2) is 50.2 Å². The summed E-state index contributed by atoms with van der Waals surface area (Å²) in [6, 6.07) is 0. The molecule has 0 atom stereocenters. The first-order valence-corrected chi connectivity index (χ1v) is 4.39. The van der Waals surface area contributed by atoms with E-state index in [0.29, 0.717) is 6.54 Å². The van der Waals surface area contributed by atoms with Crippen molar-refractivity contribution in [2.24, 2.45) is 0 Å². The van der Waals surface area contributed by atoms with Gasteiger partial charge in [0.15, 0.2) is 0 Å². The Labute approximate surface area is 73.6 Å². The Morgan fingerprint density at radius 3 is 2.73 bits per heavy atom. The van der Waals surface area contributed by atoms with Crippen LogP contribution in [0.2, 0.25) is 0 Å².